The van der Waals surface area contributed by atoms with Gasteiger partial charge in [0.1, 0.15) is 11.1 Å². The van der Waals surface area contributed by atoms with E-state index in [1.54, 1.807) is 18.2 Å². The number of hydrogen-bond donors (Lipinski definition) is 1. The summed E-state index contributed by atoms with van der Waals surface area (Å²) in [6, 6.07) is 16.3. The van der Waals surface area contributed by atoms with E-state index in [1.165, 1.54) is 23.5 Å². The maximum Gasteiger partial charge on any atom is 0.335 e. The Morgan fingerprint density at radius 3 is 2.55 bits per heavy atom. The molecule has 3 rings (SSSR count). The molecule has 0 unspecified atom stereocenters. The molecule has 3 aromatic rings. The molecule has 4 nitrogen and oxygen atoms in total. The molecule has 0 amide bonds. The lowest BCUT2D eigenvalue weighted by atomic mass is 10.1. The lowest BCUT2D eigenvalue weighted by Crippen LogP contribution is -1.94. The van der Waals surface area contributed by atoms with Crippen LogP contribution in [0.5, 0.6) is 0 Å². The van der Waals surface area contributed by atoms with E-state index >= 15 is 0 Å². The Morgan fingerprint density at radius 1 is 1.18 bits per heavy atom. The average molecular weight is 306 g/mol. The number of aromatic carboxylic acids is 1. The fourth-order valence-corrected chi connectivity index (χ4v) is 2.95. The van der Waals surface area contributed by atoms with Gasteiger partial charge in [-0.2, -0.15) is 5.26 Å². The molecule has 0 aliphatic rings. The van der Waals surface area contributed by atoms with Crippen molar-refractivity contribution in [1.29, 1.82) is 5.26 Å². The molecule has 106 valence electrons. The number of fused-ring (bicyclic) bond motifs is 1. The van der Waals surface area contributed by atoms with Gasteiger partial charge in [-0.25, -0.2) is 9.78 Å². The van der Waals surface area contributed by atoms with E-state index in [0.29, 0.717) is 10.6 Å². The maximum absolute atomic E-state index is 10.8. The van der Waals surface area contributed by atoms with Gasteiger partial charge in [0.05, 0.1) is 21.4 Å². The highest BCUT2D eigenvalue weighted by Gasteiger charge is 2.08. The van der Waals surface area contributed by atoms with Gasteiger partial charge in [0.25, 0.3) is 0 Å². The molecule has 5 heteroatoms. The van der Waals surface area contributed by atoms with Crippen LogP contribution in [0.3, 0.4) is 0 Å². The van der Waals surface area contributed by atoms with Crippen LogP contribution in [0.1, 0.15) is 20.9 Å². The van der Waals surface area contributed by atoms with E-state index in [9.17, 15) is 10.1 Å². The number of aromatic nitrogens is 1. The Kier molecular flexibility index (Phi) is 3.69. The van der Waals surface area contributed by atoms with E-state index < -0.39 is 5.97 Å². The Labute approximate surface area is 130 Å². The summed E-state index contributed by atoms with van der Waals surface area (Å²) in [5.74, 6) is -0.970. The highest BCUT2D eigenvalue weighted by molar-refractivity contribution is 7.19. The zero-order valence-electron chi connectivity index (χ0n) is 11.4. The molecule has 2 aromatic carbocycles. The van der Waals surface area contributed by atoms with Crippen molar-refractivity contribution in [3.63, 3.8) is 0 Å². The zero-order valence-corrected chi connectivity index (χ0v) is 12.2. The van der Waals surface area contributed by atoms with Crippen molar-refractivity contribution in [1.82, 2.24) is 4.98 Å². The second-order valence-electron chi connectivity index (χ2n) is 4.58. The third-order valence-electron chi connectivity index (χ3n) is 3.11. The third kappa shape index (κ3) is 2.73. The smallest absolute Gasteiger partial charge is 0.335 e. The summed E-state index contributed by atoms with van der Waals surface area (Å²) in [6.07, 6.45) is 1.71. The van der Waals surface area contributed by atoms with Crippen LogP contribution in [-0.4, -0.2) is 16.1 Å². The van der Waals surface area contributed by atoms with Crippen molar-refractivity contribution in [2.45, 2.75) is 0 Å². The molecule has 22 heavy (non-hydrogen) atoms. The van der Waals surface area contributed by atoms with E-state index in [1.807, 2.05) is 24.3 Å². The zero-order chi connectivity index (χ0) is 15.5. The van der Waals surface area contributed by atoms with Gasteiger partial charge in [-0.3, -0.25) is 0 Å². The number of nitrogens with zero attached hydrogens (tertiary/aromatic N) is 2. The number of carboxylic acid groups (broad SMARTS) is 1. The summed E-state index contributed by atoms with van der Waals surface area (Å²) < 4.78 is 1.03. The third-order valence-corrected chi connectivity index (χ3v) is 4.18. The molecule has 0 atom stereocenters. The molecule has 0 radical (unpaired) electrons. The Morgan fingerprint density at radius 2 is 1.91 bits per heavy atom. The van der Waals surface area contributed by atoms with Gasteiger partial charge in [0.2, 0.25) is 0 Å². The second kappa shape index (κ2) is 5.80. The van der Waals surface area contributed by atoms with Crippen LogP contribution in [0.4, 0.5) is 0 Å². The highest BCUT2D eigenvalue weighted by atomic mass is 32.1. The van der Waals surface area contributed by atoms with Crippen LogP contribution >= 0.6 is 11.3 Å². The number of carbonyl (C=O) groups is 1. The van der Waals surface area contributed by atoms with Crippen LogP contribution in [0, 0.1) is 11.3 Å². The summed E-state index contributed by atoms with van der Waals surface area (Å²) >= 11 is 1.46. The monoisotopic (exact) mass is 306 g/mol. The van der Waals surface area contributed by atoms with Gasteiger partial charge >= 0.3 is 5.97 Å². The molecule has 1 N–H and O–H groups in total. The lowest BCUT2D eigenvalue weighted by molar-refractivity contribution is 0.0697. The second-order valence-corrected chi connectivity index (χ2v) is 5.61. The van der Waals surface area contributed by atoms with Crippen molar-refractivity contribution in [3.8, 4) is 6.07 Å². The summed E-state index contributed by atoms with van der Waals surface area (Å²) in [7, 11) is 0. The summed E-state index contributed by atoms with van der Waals surface area (Å²) in [4.78, 5) is 15.3. The minimum absolute atomic E-state index is 0.218. The standard InChI is InChI=1S/C17H10N2O2S/c18-10-13(9-11-5-7-12(8-6-11)17(20)21)16-19-14-3-1-2-4-15(14)22-16/h1-9H,(H,20,21)/b13-9+. The molecule has 1 heterocycles. The fraction of sp³-hybridized carbons (Fsp3) is 0. The number of allylic oxidation sites excluding steroid dienone is 1. The topological polar surface area (TPSA) is 74.0 Å². The van der Waals surface area contributed by atoms with Crippen LogP contribution in [-0.2, 0) is 0 Å². The van der Waals surface area contributed by atoms with Gasteiger partial charge in [0, 0.05) is 0 Å². The van der Waals surface area contributed by atoms with Crippen molar-refractivity contribution in [2.75, 3.05) is 0 Å². The number of para-hydroxylation sites is 1. The molecule has 0 aliphatic carbocycles. The molecule has 0 aliphatic heterocycles. The van der Waals surface area contributed by atoms with Gasteiger partial charge in [0.15, 0.2) is 0 Å². The number of benzene rings is 2. The Balaban J connectivity index is 1.99. The minimum atomic E-state index is -0.970. The molecule has 0 saturated carbocycles. The molecular formula is C17H10N2O2S. The Bertz CT molecular complexity index is 885. The van der Waals surface area contributed by atoms with Crippen LogP contribution in [0.15, 0.2) is 48.5 Å². The summed E-state index contributed by atoms with van der Waals surface area (Å²) in [5, 5.41) is 18.9. The van der Waals surface area contributed by atoms with E-state index in [2.05, 4.69) is 11.1 Å². The molecule has 0 fully saturated rings. The quantitative estimate of drug-likeness (QED) is 0.740. The first-order chi connectivity index (χ1) is 10.7. The maximum atomic E-state index is 10.8. The number of hydrogen-bond acceptors (Lipinski definition) is 4. The van der Waals surface area contributed by atoms with Gasteiger partial charge in [-0.1, -0.05) is 24.3 Å². The van der Waals surface area contributed by atoms with Crippen molar-refractivity contribution >= 4 is 39.2 Å². The van der Waals surface area contributed by atoms with Crippen LogP contribution in [0.2, 0.25) is 0 Å². The van der Waals surface area contributed by atoms with Crippen LogP contribution in [0.25, 0.3) is 21.9 Å². The summed E-state index contributed by atoms with van der Waals surface area (Å²) in [5.41, 5.74) is 2.31. The first kappa shape index (κ1) is 14.0. The predicted molar refractivity (Wildman–Crippen MR) is 86.5 cm³/mol. The molecule has 0 bridgehead atoms. The number of thiazole rings is 1. The molecular weight excluding hydrogens is 296 g/mol. The van der Waals surface area contributed by atoms with Gasteiger partial charge in [-0.05, 0) is 35.9 Å². The Hall–Kier alpha value is -2.97. The molecule has 0 saturated heterocycles. The first-order valence-electron chi connectivity index (χ1n) is 6.48. The SMILES string of the molecule is N#C/C(=C\c1ccc(C(=O)O)cc1)c1nc2ccccc2s1. The van der Waals surface area contributed by atoms with Gasteiger partial charge < -0.3 is 5.11 Å². The van der Waals surface area contributed by atoms with Crippen molar-refractivity contribution in [3.05, 3.63) is 64.7 Å². The number of nitriles is 1. The van der Waals surface area contributed by atoms with Crippen LogP contribution < -0.4 is 0 Å². The minimum Gasteiger partial charge on any atom is -0.478 e. The summed E-state index contributed by atoms with van der Waals surface area (Å²) in [6.45, 7) is 0. The first-order valence-corrected chi connectivity index (χ1v) is 7.30. The molecule has 1 aromatic heterocycles. The number of carboxylic acids is 1. The van der Waals surface area contributed by atoms with E-state index in [0.717, 1.165) is 15.8 Å². The number of rotatable bonds is 3. The van der Waals surface area contributed by atoms with Crippen molar-refractivity contribution in [2.24, 2.45) is 0 Å². The lowest BCUT2D eigenvalue weighted by Gasteiger charge is -1.97. The van der Waals surface area contributed by atoms with E-state index in [-0.39, 0.29) is 5.56 Å². The highest BCUT2D eigenvalue weighted by Crippen LogP contribution is 2.27. The normalized spacial score (nSPS) is 11.3. The fourth-order valence-electron chi connectivity index (χ4n) is 2.02. The van der Waals surface area contributed by atoms with Crippen molar-refractivity contribution < 1.29 is 9.90 Å². The molecule has 0 spiro atoms. The van der Waals surface area contributed by atoms with Gasteiger partial charge in [-0.15, -0.1) is 11.3 Å². The largest absolute Gasteiger partial charge is 0.478 e. The average Bonchev–Trinajstić information content (AvgIpc) is 2.96. The predicted octanol–water partition coefficient (Wildman–Crippen LogP) is 4.06. The van der Waals surface area contributed by atoms with E-state index in [4.69, 9.17) is 5.11 Å².